The van der Waals surface area contributed by atoms with Gasteiger partial charge in [0.1, 0.15) is 0 Å². The topological polar surface area (TPSA) is 55.8 Å². The molecule has 0 amide bonds. The molecule has 2 aliphatic heterocycles. The van der Waals surface area contributed by atoms with E-state index in [1.807, 2.05) is 0 Å². The minimum atomic E-state index is -0.705. The van der Waals surface area contributed by atoms with Crippen molar-refractivity contribution < 1.29 is 9.90 Å². The third-order valence-electron chi connectivity index (χ3n) is 3.88. The molecule has 0 aromatic rings. The van der Waals surface area contributed by atoms with E-state index >= 15 is 0 Å². The Hall–Kier alpha value is -0.650. The predicted octanol–water partition coefficient (Wildman–Crippen LogP) is -0.313. The van der Waals surface area contributed by atoms with E-state index in [0.717, 1.165) is 39.3 Å². The van der Waals surface area contributed by atoms with Gasteiger partial charge in [-0.25, -0.2) is 0 Å². The molecule has 2 saturated heterocycles. The summed E-state index contributed by atoms with van der Waals surface area (Å²) in [6.07, 6.45) is 0. The fraction of sp³-hybridized carbons (Fsp3) is 0.917. The van der Waals surface area contributed by atoms with Crippen LogP contribution in [0.3, 0.4) is 0 Å². The van der Waals surface area contributed by atoms with Crippen LogP contribution < -0.4 is 5.32 Å². The first-order chi connectivity index (χ1) is 7.99. The number of carbonyl (C=O) groups is 1. The maximum absolute atomic E-state index is 11.1. The zero-order valence-electron chi connectivity index (χ0n) is 10.8. The quantitative estimate of drug-likeness (QED) is 0.707. The number of hydrogen-bond acceptors (Lipinski definition) is 4. The molecule has 2 rings (SSSR count). The zero-order chi connectivity index (χ0) is 12.5. The van der Waals surface area contributed by atoms with Gasteiger partial charge in [-0.2, -0.15) is 0 Å². The number of nitrogens with one attached hydrogen (secondary N) is 1. The van der Waals surface area contributed by atoms with E-state index < -0.39 is 11.4 Å². The van der Waals surface area contributed by atoms with Crippen LogP contribution in [0.5, 0.6) is 0 Å². The third-order valence-corrected chi connectivity index (χ3v) is 3.88. The number of rotatable bonds is 4. The van der Waals surface area contributed by atoms with Crippen molar-refractivity contribution in [1.29, 1.82) is 0 Å². The number of aliphatic carboxylic acids is 1. The van der Waals surface area contributed by atoms with Crippen molar-refractivity contribution in [2.75, 3.05) is 45.8 Å². The van der Waals surface area contributed by atoms with Crippen molar-refractivity contribution >= 4 is 5.97 Å². The van der Waals surface area contributed by atoms with Crippen molar-refractivity contribution in [3.8, 4) is 0 Å². The van der Waals surface area contributed by atoms with Crippen molar-refractivity contribution in [2.24, 2.45) is 5.41 Å². The summed E-state index contributed by atoms with van der Waals surface area (Å²) in [6.45, 7) is 10.6. The second-order valence-corrected chi connectivity index (χ2v) is 5.81. The normalized spacial score (nSPS) is 24.6. The van der Waals surface area contributed by atoms with Gasteiger partial charge in [-0.1, -0.05) is 0 Å². The van der Waals surface area contributed by atoms with E-state index in [9.17, 15) is 4.79 Å². The van der Waals surface area contributed by atoms with Crippen molar-refractivity contribution in [1.82, 2.24) is 15.1 Å². The number of hydrogen-bond donors (Lipinski definition) is 2. The third kappa shape index (κ3) is 2.97. The Morgan fingerprint density at radius 1 is 1.29 bits per heavy atom. The Bertz CT molecular complexity index is 281. The molecular weight excluding hydrogens is 218 g/mol. The molecule has 2 N–H and O–H groups in total. The molecule has 2 heterocycles. The molecule has 0 unspecified atom stereocenters. The minimum Gasteiger partial charge on any atom is -0.481 e. The van der Waals surface area contributed by atoms with Crippen LogP contribution in [0.1, 0.15) is 13.8 Å². The summed E-state index contributed by atoms with van der Waals surface area (Å²) in [5.74, 6) is -0.705. The Morgan fingerprint density at radius 2 is 1.88 bits per heavy atom. The first kappa shape index (κ1) is 12.8. The van der Waals surface area contributed by atoms with Gasteiger partial charge in [0, 0.05) is 51.9 Å². The fourth-order valence-corrected chi connectivity index (χ4v) is 2.44. The van der Waals surface area contributed by atoms with Gasteiger partial charge in [0.25, 0.3) is 0 Å². The zero-order valence-corrected chi connectivity index (χ0v) is 10.8. The highest BCUT2D eigenvalue weighted by Crippen LogP contribution is 2.19. The lowest BCUT2D eigenvalue weighted by molar-refractivity contribution is -0.148. The molecule has 0 atom stereocenters. The summed E-state index contributed by atoms with van der Waals surface area (Å²) >= 11 is 0. The molecular formula is C12H23N3O2. The molecule has 0 aromatic carbocycles. The molecule has 0 bridgehead atoms. The van der Waals surface area contributed by atoms with Gasteiger partial charge in [-0.15, -0.1) is 0 Å². The summed E-state index contributed by atoms with van der Waals surface area (Å²) < 4.78 is 0. The van der Waals surface area contributed by atoms with Crippen molar-refractivity contribution in [3.63, 3.8) is 0 Å². The minimum absolute atomic E-state index is 0.639. The summed E-state index contributed by atoms with van der Waals surface area (Å²) in [7, 11) is 0. The molecule has 17 heavy (non-hydrogen) atoms. The number of nitrogens with zero attached hydrogens (tertiary/aromatic N) is 2. The lowest BCUT2D eigenvalue weighted by Gasteiger charge is -2.44. The first-order valence-corrected chi connectivity index (χ1v) is 6.39. The summed E-state index contributed by atoms with van der Waals surface area (Å²) in [5.41, 5.74) is -0.639. The number of carboxylic acid groups (broad SMARTS) is 1. The molecule has 0 saturated carbocycles. The second kappa shape index (κ2) is 4.92. The molecule has 98 valence electrons. The monoisotopic (exact) mass is 241 g/mol. The van der Waals surface area contributed by atoms with E-state index in [-0.39, 0.29) is 0 Å². The highest BCUT2D eigenvalue weighted by molar-refractivity contribution is 5.73. The van der Waals surface area contributed by atoms with Crippen molar-refractivity contribution in [3.05, 3.63) is 0 Å². The molecule has 2 fully saturated rings. The van der Waals surface area contributed by atoms with Gasteiger partial charge in [0.2, 0.25) is 0 Å². The van der Waals surface area contributed by atoms with Gasteiger partial charge in [0.05, 0.1) is 5.41 Å². The highest BCUT2D eigenvalue weighted by atomic mass is 16.4. The van der Waals surface area contributed by atoms with E-state index in [1.165, 1.54) is 0 Å². The van der Waals surface area contributed by atoms with Crippen LogP contribution in [0.15, 0.2) is 0 Å². The van der Waals surface area contributed by atoms with Gasteiger partial charge < -0.3 is 10.4 Å². The van der Waals surface area contributed by atoms with Crippen LogP contribution in [0, 0.1) is 5.41 Å². The van der Waals surface area contributed by atoms with Crippen LogP contribution in [0.2, 0.25) is 0 Å². The van der Waals surface area contributed by atoms with E-state index in [4.69, 9.17) is 5.11 Å². The summed E-state index contributed by atoms with van der Waals surface area (Å²) in [4.78, 5) is 15.9. The van der Waals surface area contributed by atoms with Gasteiger partial charge >= 0.3 is 5.97 Å². The van der Waals surface area contributed by atoms with Crippen LogP contribution in [0.25, 0.3) is 0 Å². The van der Waals surface area contributed by atoms with Gasteiger partial charge in [0.15, 0.2) is 0 Å². The molecule has 5 nitrogen and oxygen atoms in total. The predicted molar refractivity (Wildman–Crippen MR) is 66.1 cm³/mol. The Morgan fingerprint density at radius 3 is 2.29 bits per heavy atom. The fourth-order valence-electron chi connectivity index (χ4n) is 2.44. The van der Waals surface area contributed by atoms with Gasteiger partial charge in [-0.05, 0) is 13.8 Å². The summed E-state index contributed by atoms with van der Waals surface area (Å²) in [5, 5.41) is 12.4. The molecule has 0 aliphatic carbocycles. The number of piperazine rings is 1. The van der Waals surface area contributed by atoms with Crippen molar-refractivity contribution in [2.45, 2.75) is 19.9 Å². The second-order valence-electron chi connectivity index (χ2n) is 5.81. The van der Waals surface area contributed by atoms with Gasteiger partial charge in [-0.3, -0.25) is 14.6 Å². The Balaban J connectivity index is 1.76. The van der Waals surface area contributed by atoms with Crippen LogP contribution >= 0.6 is 0 Å². The molecule has 0 spiro atoms. The Labute approximate surface area is 103 Å². The lowest BCUT2D eigenvalue weighted by Crippen LogP contribution is -2.62. The first-order valence-electron chi connectivity index (χ1n) is 6.39. The molecule has 0 radical (unpaired) electrons. The molecule has 5 heteroatoms. The highest BCUT2D eigenvalue weighted by Gasteiger charge is 2.33. The smallest absolute Gasteiger partial charge is 0.310 e. The summed E-state index contributed by atoms with van der Waals surface area (Å²) in [6, 6.07) is 0.713. The van der Waals surface area contributed by atoms with E-state index in [1.54, 1.807) is 13.8 Å². The van der Waals surface area contributed by atoms with Crippen LogP contribution in [-0.4, -0.2) is 72.7 Å². The maximum Gasteiger partial charge on any atom is 0.310 e. The Kier molecular flexibility index (Phi) is 3.70. The molecule has 2 aliphatic rings. The average Bonchev–Trinajstić information content (AvgIpc) is 2.17. The largest absolute Gasteiger partial charge is 0.481 e. The molecule has 0 aromatic heterocycles. The van der Waals surface area contributed by atoms with E-state index in [2.05, 4.69) is 15.1 Å². The van der Waals surface area contributed by atoms with E-state index in [0.29, 0.717) is 12.6 Å². The SMILES string of the molecule is CC(C)(CN1CCN(C2CNC2)CC1)C(=O)O. The number of carboxylic acids is 1. The standard InChI is InChI=1S/C12H23N3O2/c1-12(2,11(16)17)9-14-3-5-15(6-4-14)10-7-13-8-10/h10,13H,3-9H2,1-2H3,(H,16,17). The average molecular weight is 241 g/mol. The van der Waals surface area contributed by atoms with Crippen LogP contribution in [0.4, 0.5) is 0 Å². The lowest BCUT2D eigenvalue weighted by atomic mass is 9.93. The van der Waals surface area contributed by atoms with Crippen LogP contribution in [-0.2, 0) is 4.79 Å². The maximum atomic E-state index is 11.1.